The smallest absolute Gasteiger partial charge is 0.239 e. The first-order valence-electron chi connectivity index (χ1n) is 4.41. The Morgan fingerprint density at radius 1 is 0.938 bits per heavy atom. The molecule has 0 unspecified atom stereocenters. The molecule has 0 atom stereocenters. The summed E-state index contributed by atoms with van der Waals surface area (Å²) in [4.78, 5) is 3.95. The lowest BCUT2D eigenvalue weighted by Gasteiger charge is -2.07. The summed E-state index contributed by atoms with van der Waals surface area (Å²) < 4.78 is 5.46. The van der Waals surface area contributed by atoms with E-state index in [1.807, 2.05) is 18.2 Å². The third kappa shape index (κ3) is 2.59. The fourth-order valence-corrected chi connectivity index (χ4v) is 1.63. The Morgan fingerprint density at radius 2 is 1.62 bits per heavy atom. The molecule has 0 spiro atoms. The van der Waals surface area contributed by atoms with Crippen molar-refractivity contribution < 1.29 is 4.74 Å². The zero-order valence-corrected chi connectivity index (χ0v) is 10.2. The predicted octanol–water partition coefficient (Wildman–Crippen LogP) is 4.83. The number of aromatic nitrogens is 1. The van der Waals surface area contributed by atoms with Gasteiger partial charge in [-0.3, -0.25) is 0 Å². The van der Waals surface area contributed by atoms with E-state index in [0.29, 0.717) is 15.8 Å². The van der Waals surface area contributed by atoms with E-state index in [9.17, 15) is 0 Å². The molecule has 2 nitrogen and oxygen atoms in total. The minimum Gasteiger partial charge on any atom is -0.437 e. The Bertz CT molecular complexity index is 502. The van der Waals surface area contributed by atoms with Crippen molar-refractivity contribution in [1.82, 2.24) is 4.98 Å². The summed E-state index contributed by atoms with van der Waals surface area (Å²) in [5, 5.41) is 0.780. The van der Waals surface area contributed by atoms with Crippen LogP contribution in [0, 0.1) is 0 Å². The summed E-state index contributed by atoms with van der Waals surface area (Å²) in [5.41, 5.74) is 0. The van der Waals surface area contributed by atoms with Gasteiger partial charge in [-0.2, -0.15) is 4.98 Å². The van der Waals surface area contributed by atoms with Crippen molar-refractivity contribution in [3.05, 3.63) is 51.6 Å². The molecule has 0 aliphatic heterocycles. The number of hydrogen-bond donors (Lipinski definition) is 0. The predicted molar refractivity (Wildman–Crippen MR) is 65.8 cm³/mol. The monoisotopic (exact) mass is 273 g/mol. The molecule has 16 heavy (non-hydrogen) atoms. The average molecular weight is 275 g/mol. The highest BCUT2D eigenvalue weighted by Gasteiger charge is 2.09. The van der Waals surface area contributed by atoms with Gasteiger partial charge in [-0.25, -0.2) is 0 Å². The first-order chi connectivity index (χ1) is 7.66. The highest BCUT2D eigenvalue weighted by Crippen LogP contribution is 2.32. The summed E-state index contributed by atoms with van der Waals surface area (Å²) >= 11 is 17.4. The summed E-state index contributed by atoms with van der Waals surface area (Å²) in [6.07, 6.45) is 0. The number of rotatable bonds is 2. The van der Waals surface area contributed by atoms with Crippen LogP contribution >= 0.6 is 34.8 Å². The van der Waals surface area contributed by atoms with Gasteiger partial charge >= 0.3 is 0 Å². The quantitative estimate of drug-likeness (QED) is 0.731. The molecular formula is C11H6Cl3NO. The molecule has 1 heterocycles. The van der Waals surface area contributed by atoms with Crippen molar-refractivity contribution in [2.24, 2.45) is 0 Å². The molecule has 82 valence electrons. The summed E-state index contributed by atoms with van der Waals surface area (Å²) in [6.45, 7) is 0. The van der Waals surface area contributed by atoms with Crippen LogP contribution in [0.5, 0.6) is 11.6 Å². The molecule has 0 bridgehead atoms. The lowest BCUT2D eigenvalue weighted by Crippen LogP contribution is -1.89. The van der Waals surface area contributed by atoms with Gasteiger partial charge in [0.05, 0.1) is 5.02 Å². The molecule has 1 aromatic heterocycles. The maximum absolute atomic E-state index is 5.92. The van der Waals surface area contributed by atoms with Gasteiger partial charge in [0.15, 0.2) is 5.15 Å². The van der Waals surface area contributed by atoms with E-state index in [4.69, 9.17) is 39.5 Å². The third-order valence-corrected chi connectivity index (χ3v) is 2.76. The third-order valence-electron chi connectivity index (χ3n) is 1.81. The van der Waals surface area contributed by atoms with E-state index in [-0.39, 0.29) is 11.0 Å². The lowest BCUT2D eigenvalue weighted by atomic mass is 10.3. The standard InChI is InChI=1S/C11H6Cl3NO/c12-8-6-9(13)11(15-10(8)14)16-7-4-2-1-3-5-7/h1-6H. The molecular weight excluding hydrogens is 268 g/mol. The van der Waals surface area contributed by atoms with E-state index < -0.39 is 0 Å². The Hall–Kier alpha value is -0.960. The zero-order chi connectivity index (χ0) is 11.5. The molecule has 0 aliphatic rings. The van der Waals surface area contributed by atoms with E-state index in [2.05, 4.69) is 4.98 Å². The summed E-state index contributed by atoms with van der Waals surface area (Å²) in [6, 6.07) is 10.7. The Morgan fingerprint density at radius 3 is 2.31 bits per heavy atom. The van der Waals surface area contributed by atoms with Crippen LogP contribution in [0.15, 0.2) is 36.4 Å². The van der Waals surface area contributed by atoms with Crippen molar-refractivity contribution in [2.45, 2.75) is 0 Å². The van der Waals surface area contributed by atoms with Crippen molar-refractivity contribution in [1.29, 1.82) is 0 Å². The normalized spacial score (nSPS) is 10.2. The van der Waals surface area contributed by atoms with Crippen LogP contribution in [0.2, 0.25) is 15.2 Å². The van der Waals surface area contributed by atoms with Crippen molar-refractivity contribution in [3.8, 4) is 11.6 Å². The van der Waals surface area contributed by atoms with Crippen LogP contribution < -0.4 is 4.74 Å². The average Bonchev–Trinajstić information content (AvgIpc) is 2.27. The maximum Gasteiger partial charge on any atom is 0.239 e. The molecule has 2 rings (SSSR count). The van der Waals surface area contributed by atoms with Gasteiger partial charge in [0.2, 0.25) is 5.88 Å². The van der Waals surface area contributed by atoms with Gasteiger partial charge in [-0.15, -0.1) is 0 Å². The van der Waals surface area contributed by atoms with Gasteiger partial charge in [0.25, 0.3) is 0 Å². The topological polar surface area (TPSA) is 22.1 Å². The highest BCUT2D eigenvalue weighted by atomic mass is 35.5. The number of nitrogens with zero attached hydrogens (tertiary/aromatic N) is 1. The van der Waals surface area contributed by atoms with E-state index in [0.717, 1.165) is 0 Å². The molecule has 0 aliphatic carbocycles. The first kappa shape index (κ1) is 11.5. The van der Waals surface area contributed by atoms with Gasteiger partial charge in [-0.1, -0.05) is 53.0 Å². The molecule has 1 aromatic carbocycles. The van der Waals surface area contributed by atoms with Crippen LogP contribution in [0.1, 0.15) is 0 Å². The minimum atomic E-state index is 0.164. The van der Waals surface area contributed by atoms with Crippen LogP contribution in [0.3, 0.4) is 0 Å². The second-order valence-electron chi connectivity index (χ2n) is 2.96. The molecule has 0 radical (unpaired) electrons. The van der Waals surface area contributed by atoms with E-state index in [1.54, 1.807) is 12.1 Å². The zero-order valence-electron chi connectivity index (χ0n) is 7.95. The largest absolute Gasteiger partial charge is 0.437 e. The summed E-state index contributed by atoms with van der Waals surface area (Å²) in [5.74, 6) is 0.873. The number of para-hydroxylation sites is 1. The molecule has 0 fully saturated rings. The number of benzene rings is 1. The Balaban J connectivity index is 2.32. The second-order valence-corrected chi connectivity index (χ2v) is 4.14. The van der Waals surface area contributed by atoms with Crippen molar-refractivity contribution >= 4 is 34.8 Å². The van der Waals surface area contributed by atoms with Crippen LogP contribution in [-0.2, 0) is 0 Å². The Kier molecular flexibility index (Phi) is 3.54. The number of ether oxygens (including phenoxy) is 1. The van der Waals surface area contributed by atoms with Crippen LogP contribution in [0.25, 0.3) is 0 Å². The molecule has 0 saturated heterocycles. The van der Waals surface area contributed by atoms with Gasteiger partial charge < -0.3 is 4.74 Å². The molecule has 5 heteroatoms. The first-order valence-corrected chi connectivity index (χ1v) is 5.54. The fraction of sp³-hybridized carbons (Fsp3) is 0. The highest BCUT2D eigenvalue weighted by molar-refractivity contribution is 6.42. The Labute approximate surface area is 108 Å². The van der Waals surface area contributed by atoms with Gasteiger partial charge in [0.1, 0.15) is 10.8 Å². The van der Waals surface area contributed by atoms with Crippen molar-refractivity contribution in [2.75, 3.05) is 0 Å². The van der Waals surface area contributed by atoms with Crippen molar-refractivity contribution in [3.63, 3.8) is 0 Å². The lowest BCUT2D eigenvalue weighted by molar-refractivity contribution is 0.463. The SMILES string of the molecule is Clc1cc(Cl)c(Oc2ccccc2)nc1Cl. The van der Waals surface area contributed by atoms with Crippen LogP contribution in [0.4, 0.5) is 0 Å². The fourth-order valence-electron chi connectivity index (χ4n) is 1.10. The minimum absolute atomic E-state index is 0.164. The van der Waals surface area contributed by atoms with E-state index in [1.165, 1.54) is 6.07 Å². The summed E-state index contributed by atoms with van der Waals surface area (Å²) in [7, 11) is 0. The number of hydrogen-bond acceptors (Lipinski definition) is 2. The molecule has 0 N–H and O–H groups in total. The molecule has 2 aromatic rings. The number of halogens is 3. The second kappa shape index (κ2) is 4.91. The number of pyridine rings is 1. The van der Waals surface area contributed by atoms with E-state index >= 15 is 0 Å². The van der Waals surface area contributed by atoms with Crippen LogP contribution in [-0.4, -0.2) is 4.98 Å². The molecule has 0 amide bonds. The maximum atomic E-state index is 5.92. The van der Waals surface area contributed by atoms with Gasteiger partial charge in [0, 0.05) is 0 Å². The van der Waals surface area contributed by atoms with Gasteiger partial charge in [-0.05, 0) is 18.2 Å². The molecule has 0 saturated carbocycles.